The average Bonchev–Trinajstić information content (AvgIpc) is 2.69. The van der Waals surface area contributed by atoms with Gasteiger partial charge in [-0.1, -0.05) is 12.8 Å². The SMILES string of the molecule is O=C(O)CC1(n2ccnc2)CCCC1. The Labute approximate surface area is 82.6 Å². The number of carboxylic acids is 1. The Balaban J connectivity index is 2.26. The molecule has 0 bridgehead atoms. The number of aliphatic carboxylic acids is 1. The number of hydrogen-bond acceptors (Lipinski definition) is 2. The van der Waals surface area contributed by atoms with Crippen LogP contribution in [0.5, 0.6) is 0 Å². The van der Waals surface area contributed by atoms with Crippen LogP contribution in [0.2, 0.25) is 0 Å². The summed E-state index contributed by atoms with van der Waals surface area (Å²) >= 11 is 0. The van der Waals surface area contributed by atoms with Gasteiger partial charge in [0.15, 0.2) is 0 Å². The standard InChI is InChI=1S/C10H14N2O2/c13-9(14)7-10(3-1-2-4-10)12-6-5-11-8-12/h5-6,8H,1-4,7H2,(H,13,14). The van der Waals surface area contributed by atoms with Crippen molar-refractivity contribution in [1.82, 2.24) is 9.55 Å². The molecule has 0 aliphatic heterocycles. The minimum Gasteiger partial charge on any atom is -0.481 e. The van der Waals surface area contributed by atoms with Crippen molar-refractivity contribution in [3.63, 3.8) is 0 Å². The van der Waals surface area contributed by atoms with Gasteiger partial charge in [-0.15, -0.1) is 0 Å². The first kappa shape index (κ1) is 9.24. The Morgan fingerprint density at radius 3 is 2.71 bits per heavy atom. The van der Waals surface area contributed by atoms with E-state index in [9.17, 15) is 4.79 Å². The van der Waals surface area contributed by atoms with Crippen molar-refractivity contribution in [3.05, 3.63) is 18.7 Å². The fourth-order valence-electron chi connectivity index (χ4n) is 2.38. The van der Waals surface area contributed by atoms with Gasteiger partial charge in [-0.3, -0.25) is 4.79 Å². The van der Waals surface area contributed by atoms with Crippen LogP contribution in [-0.4, -0.2) is 20.6 Å². The highest BCUT2D eigenvalue weighted by Gasteiger charge is 2.37. The molecule has 1 aliphatic rings. The third kappa shape index (κ3) is 1.52. The monoisotopic (exact) mass is 194 g/mol. The zero-order valence-corrected chi connectivity index (χ0v) is 8.02. The largest absolute Gasteiger partial charge is 0.481 e. The van der Waals surface area contributed by atoms with Gasteiger partial charge in [-0.25, -0.2) is 4.98 Å². The third-order valence-electron chi connectivity index (χ3n) is 3.07. The summed E-state index contributed by atoms with van der Waals surface area (Å²) in [4.78, 5) is 14.8. The van der Waals surface area contributed by atoms with E-state index >= 15 is 0 Å². The molecule has 1 aliphatic carbocycles. The van der Waals surface area contributed by atoms with Crippen LogP contribution in [0.15, 0.2) is 18.7 Å². The Morgan fingerprint density at radius 1 is 1.50 bits per heavy atom. The number of rotatable bonds is 3. The van der Waals surface area contributed by atoms with E-state index in [1.807, 2.05) is 10.8 Å². The molecular formula is C10H14N2O2. The summed E-state index contributed by atoms with van der Waals surface area (Å²) in [5.74, 6) is -0.722. The first-order valence-corrected chi connectivity index (χ1v) is 4.93. The molecular weight excluding hydrogens is 180 g/mol. The van der Waals surface area contributed by atoms with Gasteiger partial charge in [0.25, 0.3) is 0 Å². The van der Waals surface area contributed by atoms with Crippen molar-refractivity contribution in [2.24, 2.45) is 0 Å². The molecule has 4 heteroatoms. The summed E-state index contributed by atoms with van der Waals surface area (Å²) in [6.45, 7) is 0. The Morgan fingerprint density at radius 2 is 2.21 bits per heavy atom. The topological polar surface area (TPSA) is 55.1 Å². The van der Waals surface area contributed by atoms with Crippen LogP contribution in [0.3, 0.4) is 0 Å². The predicted molar refractivity (Wildman–Crippen MR) is 50.9 cm³/mol. The average molecular weight is 194 g/mol. The molecule has 1 heterocycles. The van der Waals surface area contributed by atoms with Gasteiger partial charge in [0, 0.05) is 12.4 Å². The molecule has 1 fully saturated rings. The van der Waals surface area contributed by atoms with Gasteiger partial charge in [0.2, 0.25) is 0 Å². The molecule has 1 N–H and O–H groups in total. The first-order valence-electron chi connectivity index (χ1n) is 4.93. The normalized spacial score (nSPS) is 19.7. The highest BCUT2D eigenvalue weighted by Crippen LogP contribution is 2.39. The van der Waals surface area contributed by atoms with E-state index < -0.39 is 5.97 Å². The fraction of sp³-hybridized carbons (Fsp3) is 0.600. The molecule has 0 amide bonds. The smallest absolute Gasteiger partial charge is 0.305 e. The van der Waals surface area contributed by atoms with E-state index in [-0.39, 0.29) is 12.0 Å². The second-order valence-corrected chi connectivity index (χ2v) is 3.97. The predicted octanol–water partition coefficient (Wildman–Crippen LogP) is 1.63. The molecule has 2 rings (SSSR count). The second kappa shape index (κ2) is 3.44. The summed E-state index contributed by atoms with van der Waals surface area (Å²) < 4.78 is 1.97. The highest BCUT2D eigenvalue weighted by atomic mass is 16.4. The van der Waals surface area contributed by atoms with Crippen molar-refractivity contribution >= 4 is 5.97 Å². The first-order chi connectivity index (χ1) is 6.73. The Kier molecular flexibility index (Phi) is 2.27. The van der Waals surface area contributed by atoms with E-state index in [0.717, 1.165) is 25.7 Å². The quantitative estimate of drug-likeness (QED) is 0.795. The number of nitrogens with zero attached hydrogens (tertiary/aromatic N) is 2. The van der Waals surface area contributed by atoms with Gasteiger partial charge in [-0.2, -0.15) is 0 Å². The maximum Gasteiger partial charge on any atom is 0.305 e. The lowest BCUT2D eigenvalue weighted by molar-refractivity contribution is -0.139. The molecule has 1 aromatic rings. The minimum atomic E-state index is -0.722. The Hall–Kier alpha value is -1.32. The fourth-order valence-corrected chi connectivity index (χ4v) is 2.38. The second-order valence-electron chi connectivity index (χ2n) is 3.97. The molecule has 0 radical (unpaired) electrons. The van der Waals surface area contributed by atoms with E-state index in [1.165, 1.54) is 0 Å². The summed E-state index contributed by atoms with van der Waals surface area (Å²) in [5, 5.41) is 8.90. The zero-order chi connectivity index (χ0) is 10.0. The molecule has 0 saturated heterocycles. The molecule has 1 saturated carbocycles. The maximum atomic E-state index is 10.8. The third-order valence-corrected chi connectivity index (χ3v) is 3.07. The van der Waals surface area contributed by atoms with Crippen molar-refractivity contribution in [1.29, 1.82) is 0 Å². The van der Waals surface area contributed by atoms with E-state index in [1.54, 1.807) is 12.5 Å². The van der Waals surface area contributed by atoms with Crippen molar-refractivity contribution < 1.29 is 9.90 Å². The van der Waals surface area contributed by atoms with Gasteiger partial charge < -0.3 is 9.67 Å². The van der Waals surface area contributed by atoms with Crippen LogP contribution in [0.25, 0.3) is 0 Å². The van der Waals surface area contributed by atoms with Crippen molar-refractivity contribution in [2.45, 2.75) is 37.6 Å². The molecule has 4 nitrogen and oxygen atoms in total. The van der Waals surface area contributed by atoms with E-state index in [2.05, 4.69) is 4.98 Å². The van der Waals surface area contributed by atoms with E-state index in [4.69, 9.17) is 5.11 Å². The van der Waals surface area contributed by atoms with Gasteiger partial charge in [0.1, 0.15) is 0 Å². The lowest BCUT2D eigenvalue weighted by atomic mass is 9.93. The van der Waals surface area contributed by atoms with Crippen LogP contribution >= 0.6 is 0 Å². The minimum absolute atomic E-state index is 0.206. The van der Waals surface area contributed by atoms with Gasteiger partial charge >= 0.3 is 5.97 Å². The molecule has 14 heavy (non-hydrogen) atoms. The molecule has 0 atom stereocenters. The summed E-state index contributed by atoms with van der Waals surface area (Å²) in [5.41, 5.74) is -0.206. The van der Waals surface area contributed by atoms with Crippen molar-refractivity contribution in [2.75, 3.05) is 0 Å². The maximum absolute atomic E-state index is 10.8. The number of hydrogen-bond donors (Lipinski definition) is 1. The summed E-state index contributed by atoms with van der Waals surface area (Å²) in [6, 6.07) is 0. The number of aromatic nitrogens is 2. The van der Waals surface area contributed by atoms with Gasteiger partial charge in [-0.05, 0) is 12.8 Å². The summed E-state index contributed by atoms with van der Waals surface area (Å²) in [6.07, 6.45) is 9.66. The summed E-state index contributed by atoms with van der Waals surface area (Å²) in [7, 11) is 0. The highest BCUT2D eigenvalue weighted by molar-refractivity contribution is 5.68. The molecule has 1 aromatic heterocycles. The van der Waals surface area contributed by atoms with Crippen LogP contribution < -0.4 is 0 Å². The number of carbonyl (C=O) groups is 1. The van der Waals surface area contributed by atoms with Crippen LogP contribution in [0, 0.1) is 0 Å². The molecule has 0 aromatic carbocycles. The molecule has 0 unspecified atom stereocenters. The molecule has 0 spiro atoms. The lowest BCUT2D eigenvalue weighted by Gasteiger charge is -2.28. The lowest BCUT2D eigenvalue weighted by Crippen LogP contribution is -2.32. The van der Waals surface area contributed by atoms with Crippen molar-refractivity contribution in [3.8, 4) is 0 Å². The van der Waals surface area contributed by atoms with Crippen LogP contribution in [-0.2, 0) is 10.3 Å². The van der Waals surface area contributed by atoms with Crippen LogP contribution in [0.1, 0.15) is 32.1 Å². The zero-order valence-electron chi connectivity index (χ0n) is 8.02. The van der Waals surface area contributed by atoms with Crippen LogP contribution in [0.4, 0.5) is 0 Å². The number of imidazole rings is 1. The van der Waals surface area contributed by atoms with Gasteiger partial charge in [0.05, 0.1) is 18.3 Å². The number of carboxylic acid groups (broad SMARTS) is 1. The molecule has 76 valence electrons. The van der Waals surface area contributed by atoms with E-state index in [0.29, 0.717) is 0 Å². The Bertz CT molecular complexity index is 313.